The van der Waals surface area contributed by atoms with Crippen LogP contribution < -0.4 is 5.32 Å². The van der Waals surface area contributed by atoms with Crippen molar-refractivity contribution in [3.8, 4) is 5.82 Å². The topological polar surface area (TPSA) is 80.0 Å². The highest BCUT2D eigenvalue weighted by molar-refractivity contribution is 5.94. The van der Waals surface area contributed by atoms with Gasteiger partial charge in [-0.3, -0.25) is 9.36 Å². The summed E-state index contributed by atoms with van der Waals surface area (Å²) in [7, 11) is 0. The summed E-state index contributed by atoms with van der Waals surface area (Å²) in [5.74, 6) is 0.690. The molecule has 2 N–H and O–H groups in total. The van der Waals surface area contributed by atoms with Crippen molar-refractivity contribution in [2.75, 3.05) is 6.61 Å². The Morgan fingerprint density at radius 2 is 2.33 bits per heavy atom. The van der Waals surface area contributed by atoms with Crippen LogP contribution in [0.25, 0.3) is 5.82 Å². The maximum Gasteiger partial charge on any atom is 0.253 e. The molecule has 2 atom stereocenters. The van der Waals surface area contributed by atoms with E-state index in [1.807, 2.05) is 12.2 Å². The minimum Gasteiger partial charge on any atom is -0.396 e. The number of hydrogen-bond donors (Lipinski definition) is 2. The number of nitrogens with one attached hydrogen (secondary N) is 1. The van der Waals surface area contributed by atoms with E-state index in [0.29, 0.717) is 11.4 Å². The van der Waals surface area contributed by atoms with Crippen LogP contribution in [0.2, 0.25) is 0 Å². The molecule has 2 heterocycles. The minimum absolute atomic E-state index is 0.0250. The van der Waals surface area contributed by atoms with Gasteiger partial charge in [0, 0.05) is 37.2 Å². The summed E-state index contributed by atoms with van der Waals surface area (Å²) in [5.41, 5.74) is 0.514. The summed E-state index contributed by atoms with van der Waals surface area (Å²) in [6, 6.07) is 3.49. The molecule has 6 nitrogen and oxygen atoms in total. The van der Waals surface area contributed by atoms with Crippen molar-refractivity contribution in [1.82, 2.24) is 19.9 Å². The molecule has 1 aliphatic carbocycles. The maximum atomic E-state index is 12.1. The Balaban J connectivity index is 1.64. The predicted octanol–water partition coefficient (Wildman–Crippen LogP) is 0.934. The summed E-state index contributed by atoms with van der Waals surface area (Å²) in [6.45, 7) is 0.115. The largest absolute Gasteiger partial charge is 0.396 e. The zero-order valence-electron chi connectivity index (χ0n) is 11.4. The van der Waals surface area contributed by atoms with E-state index in [1.54, 1.807) is 41.6 Å². The van der Waals surface area contributed by atoms with Gasteiger partial charge in [0.05, 0.1) is 5.56 Å². The number of amides is 1. The smallest absolute Gasteiger partial charge is 0.253 e. The molecule has 0 aromatic carbocycles. The maximum absolute atomic E-state index is 12.1. The van der Waals surface area contributed by atoms with E-state index in [1.165, 1.54) is 0 Å². The molecule has 2 aromatic rings. The van der Waals surface area contributed by atoms with Gasteiger partial charge in [0.1, 0.15) is 12.1 Å². The number of aliphatic hydroxyl groups excluding tert-OH is 1. The van der Waals surface area contributed by atoms with Crippen LogP contribution in [-0.2, 0) is 0 Å². The van der Waals surface area contributed by atoms with Gasteiger partial charge in [-0.05, 0) is 18.6 Å². The molecule has 108 valence electrons. The fraction of sp³-hybridized carbons (Fsp3) is 0.267. The van der Waals surface area contributed by atoms with Crippen LogP contribution in [-0.4, -0.2) is 38.2 Å². The number of imidazole rings is 1. The molecular formula is C15H16N4O2. The predicted molar refractivity (Wildman–Crippen MR) is 76.9 cm³/mol. The quantitative estimate of drug-likeness (QED) is 0.819. The molecular weight excluding hydrogens is 268 g/mol. The lowest BCUT2D eigenvalue weighted by Gasteiger charge is -2.12. The zero-order chi connectivity index (χ0) is 14.7. The molecule has 0 spiro atoms. The minimum atomic E-state index is -0.159. The molecule has 0 radical (unpaired) electrons. The van der Waals surface area contributed by atoms with Crippen LogP contribution in [0.5, 0.6) is 0 Å². The number of hydrogen-bond acceptors (Lipinski definition) is 4. The summed E-state index contributed by atoms with van der Waals surface area (Å²) in [6.07, 6.45) is 11.3. The second-order valence-electron chi connectivity index (χ2n) is 5.02. The number of nitrogens with zero attached hydrogens (tertiary/aromatic N) is 3. The number of carbonyl (C=O) groups excluding carboxylic acids is 1. The van der Waals surface area contributed by atoms with Gasteiger partial charge >= 0.3 is 0 Å². The van der Waals surface area contributed by atoms with Gasteiger partial charge in [-0.25, -0.2) is 9.97 Å². The van der Waals surface area contributed by atoms with Gasteiger partial charge in [-0.1, -0.05) is 12.2 Å². The Morgan fingerprint density at radius 1 is 1.43 bits per heavy atom. The lowest BCUT2D eigenvalue weighted by Crippen LogP contribution is -2.33. The Kier molecular flexibility index (Phi) is 3.79. The van der Waals surface area contributed by atoms with Crippen molar-refractivity contribution in [2.45, 2.75) is 12.5 Å². The Bertz CT molecular complexity index is 634. The summed E-state index contributed by atoms with van der Waals surface area (Å²) in [5, 5.41) is 12.0. The van der Waals surface area contributed by atoms with E-state index in [0.717, 1.165) is 6.42 Å². The highest BCUT2D eigenvalue weighted by atomic mass is 16.3. The average Bonchev–Trinajstić information content (AvgIpc) is 3.19. The molecule has 0 saturated heterocycles. The zero-order valence-corrected chi connectivity index (χ0v) is 11.4. The van der Waals surface area contributed by atoms with Gasteiger partial charge in [-0.2, -0.15) is 0 Å². The van der Waals surface area contributed by atoms with Crippen molar-refractivity contribution >= 4 is 5.91 Å². The Morgan fingerprint density at radius 3 is 2.95 bits per heavy atom. The normalized spacial score (nSPS) is 20.6. The molecule has 3 rings (SSSR count). The van der Waals surface area contributed by atoms with E-state index in [9.17, 15) is 4.79 Å². The molecule has 1 amide bonds. The third kappa shape index (κ3) is 3.00. The van der Waals surface area contributed by atoms with Crippen molar-refractivity contribution in [3.05, 3.63) is 54.8 Å². The summed E-state index contributed by atoms with van der Waals surface area (Å²) >= 11 is 0. The number of pyridine rings is 1. The van der Waals surface area contributed by atoms with Crippen LogP contribution in [0.15, 0.2) is 49.2 Å². The SMILES string of the molecule is O=C(N[C@@H]1C=C[C@H](CO)C1)c1ccc(-n2ccnc2)nc1. The van der Waals surface area contributed by atoms with E-state index >= 15 is 0 Å². The van der Waals surface area contributed by atoms with Crippen molar-refractivity contribution in [1.29, 1.82) is 0 Å². The van der Waals surface area contributed by atoms with Crippen LogP contribution in [0, 0.1) is 5.92 Å². The van der Waals surface area contributed by atoms with Gasteiger partial charge in [0.2, 0.25) is 0 Å². The van der Waals surface area contributed by atoms with Crippen LogP contribution in [0.3, 0.4) is 0 Å². The third-order valence-electron chi connectivity index (χ3n) is 3.50. The van der Waals surface area contributed by atoms with Crippen molar-refractivity contribution in [3.63, 3.8) is 0 Å². The van der Waals surface area contributed by atoms with Gasteiger partial charge < -0.3 is 10.4 Å². The van der Waals surface area contributed by atoms with E-state index < -0.39 is 0 Å². The first-order valence-corrected chi connectivity index (χ1v) is 6.80. The first-order valence-electron chi connectivity index (χ1n) is 6.80. The molecule has 6 heteroatoms. The third-order valence-corrected chi connectivity index (χ3v) is 3.50. The Hall–Kier alpha value is -2.47. The number of rotatable bonds is 4. The standard InChI is InChI=1S/C15H16N4O2/c20-9-11-1-3-13(7-11)18-15(21)12-2-4-14(17-8-12)19-6-5-16-10-19/h1-6,8,10-11,13,20H,7,9H2,(H,18,21)/t11-,13+/m0/s1. The summed E-state index contributed by atoms with van der Waals surface area (Å²) in [4.78, 5) is 20.3. The number of aliphatic hydroxyl groups is 1. The fourth-order valence-electron chi connectivity index (χ4n) is 2.34. The molecule has 2 aromatic heterocycles. The van der Waals surface area contributed by atoms with E-state index in [2.05, 4.69) is 15.3 Å². The number of carbonyl (C=O) groups is 1. The van der Waals surface area contributed by atoms with Crippen LogP contribution in [0.4, 0.5) is 0 Å². The molecule has 1 aliphatic rings. The van der Waals surface area contributed by atoms with E-state index in [-0.39, 0.29) is 24.5 Å². The first kappa shape index (κ1) is 13.5. The monoisotopic (exact) mass is 284 g/mol. The fourth-order valence-corrected chi connectivity index (χ4v) is 2.34. The molecule has 21 heavy (non-hydrogen) atoms. The first-order chi connectivity index (χ1) is 10.3. The van der Waals surface area contributed by atoms with Crippen LogP contribution >= 0.6 is 0 Å². The highest BCUT2D eigenvalue weighted by Crippen LogP contribution is 2.17. The van der Waals surface area contributed by atoms with Gasteiger partial charge in [-0.15, -0.1) is 0 Å². The van der Waals surface area contributed by atoms with Crippen molar-refractivity contribution in [2.24, 2.45) is 5.92 Å². The van der Waals surface area contributed by atoms with Crippen LogP contribution in [0.1, 0.15) is 16.8 Å². The highest BCUT2D eigenvalue weighted by Gasteiger charge is 2.20. The number of aromatic nitrogens is 3. The van der Waals surface area contributed by atoms with Gasteiger partial charge in [0.15, 0.2) is 0 Å². The van der Waals surface area contributed by atoms with Gasteiger partial charge in [0.25, 0.3) is 5.91 Å². The lowest BCUT2D eigenvalue weighted by molar-refractivity contribution is 0.0940. The molecule has 0 fully saturated rings. The van der Waals surface area contributed by atoms with E-state index in [4.69, 9.17) is 5.11 Å². The molecule has 0 unspecified atom stereocenters. The van der Waals surface area contributed by atoms with Crippen molar-refractivity contribution < 1.29 is 9.90 Å². The summed E-state index contributed by atoms with van der Waals surface area (Å²) < 4.78 is 1.77. The lowest BCUT2D eigenvalue weighted by atomic mass is 10.1. The molecule has 0 saturated carbocycles. The molecule has 0 bridgehead atoms. The second-order valence-corrected chi connectivity index (χ2v) is 5.02. The Labute approximate surface area is 122 Å². The average molecular weight is 284 g/mol. The molecule has 0 aliphatic heterocycles. The second kappa shape index (κ2) is 5.88.